The Bertz CT molecular complexity index is 1170. The van der Waals surface area contributed by atoms with Gasteiger partial charge < -0.3 is 9.88 Å². The van der Waals surface area contributed by atoms with Crippen molar-refractivity contribution < 1.29 is 9.18 Å². The number of likely N-dealkylation sites (tertiary alicyclic amines) is 1. The number of hydrogen-bond donors (Lipinski definition) is 1. The maximum atomic E-state index is 13.1. The van der Waals surface area contributed by atoms with Crippen LogP contribution in [0, 0.1) is 11.7 Å². The molecule has 3 aromatic rings. The Labute approximate surface area is 173 Å². The molecule has 1 saturated heterocycles. The van der Waals surface area contributed by atoms with Gasteiger partial charge in [0, 0.05) is 18.0 Å². The van der Waals surface area contributed by atoms with Gasteiger partial charge in [-0.3, -0.25) is 14.2 Å². The summed E-state index contributed by atoms with van der Waals surface area (Å²) in [5.41, 5.74) is 0.379. The smallest absolute Gasteiger partial charge is 0.307 e. The number of ketones is 1. The SMILES string of the molecule is C[C@H](CN1CCC(C(=O)c2ccc(F)cc2)CC1)n1c(=O)[nH]c2ccccc2c1=O. The molecular weight excluding hydrogens is 385 g/mol. The van der Waals surface area contributed by atoms with E-state index >= 15 is 0 Å². The summed E-state index contributed by atoms with van der Waals surface area (Å²) in [6, 6.07) is 12.4. The number of carbonyl (C=O) groups is 1. The summed E-state index contributed by atoms with van der Waals surface area (Å²) in [5, 5.41) is 0.493. The second-order valence-corrected chi connectivity index (χ2v) is 7.95. The topological polar surface area (TPSA) is 75.2 Å². The zero-order valence-corrected chi connectivity index (χ0v) is 16.8. The summed E-state index contributed by atoms with van der Waals surface area (Å²) < 4.78 is 14.4. The van der Waals surface area contributed by atoms with Gasteiger partial charge in [0.15, 0.2) is 5.78 Å². The molecule has 2 heterocycles. The second kappa shape index (κ2) is 8.36. The van der Waals surface area contributed by atoms with Crippen LogP contribution in [0.1, 0.15) is 36.2 Å². The van der Waals surface area contributed by atoms with Crippen molar-refractivity contribution in [2.45, 2.75) is 25.8 Å². The minimum Gasteiger partial charge on any atom is -0.307 e. The average molecular weight is 409 g/mol. The quantitative estimate of drug-likeness (QED) is 0.658. The molecule has 0 radical (unpaired) electrons. The van der Waals surface area contributed by atoms with Crippen LogP contribution < -0.4 is 11.2 Å². The summed E-state index contributed by atoms with van der Waals surface area (Å²) in [6.45, 7) is 3.84. The van der Waals surface area contributed by atoms with Gasteiger partial charge in [0.25, 0.3) is 5.56 Å². The highest BCUT2D eigenvalue weighted by Gasteiger charge is 2.27. The fourth-order valence-electron chi connectivity index (χ4n) is 4.26. The highest BCUT2D eigenvalue weighted by atomic mass is 19.1. The Morgan fingerprint density at radius 1 is 1.10 bits per heavy atom. The van der Waals surface area contributed by atoms with E-state index < -0.39 is 5.69 Å². The maximum Gasteiger partial charge on any atom is 0.329 e. The molecule has 1 N–H and O–H groups in total. The first kappa shape index (κ1) is 20.2. The van der Waals surface area contributed by atoms with Crippen molar-refractivity contribution in [3.63, 3.8) is 0 Å². The number of nitrogens with one attached hydrogen (secondary N) is 1. The van der Waals surface area contributed by atoms with Crippen LogP contribution in [0.25, 0.3) is 10.9 Å². The van der Waals surface area contributed by atoms with Gasteiger partial charge in [-0.15, -0.1) is 0 Å². The Hall–Kier alpha value is -3.06. The van der Waals surface area contributed by atoms with Crippen LogP contribution in [0.5, 0.6) is 0 Å². The van der Waals surface area contributed by atoms with Crippen LogP contribution in [0.4, 0.5) is 4.39 Å². The van der Waals surface area contributed by atoms with E-state index in [1.165, 1.54) is 28.8 Å². The number of fused-ring (bicyclic) bond motifs is 1. The first-order valence-electron chi connectivity index (χ1n) is 10.2. The molecule has 0 saturated carbocycles. The number of benzene rings is 2. The van der Waals surface area contributed by atoms with Crippen molar-refractivity contribution in [3.8, 4) is 0 Å². The number of aromatic nitrogens is 2. The number of para-hydroxylation sites is 1. The summed E-state index contributed by atoms with van der Waals surface area (Å²) in [6.07, 6.45) is 1.40. The Morgan fingerprint density at radius 2 is 1.77 bits per heavy atom. The van der Waals surface area contributed by atoms with E-state index in [2.05, 4.69) is 9.88 Å². The van der Waals surface area contributed by atoms with E-state index in [-0.39, 0.29) is 29.1 Å². The van der Waals surface area contributed by atoms with Gasteiger partial charge in [-0.25, -0.2) is 9.18 Å². The average Bonchev–Trinajstić information content (AvgIpc) is 2.74. The van der Waals surface area contributed by atoms with Gasteiger partial charge >= 0.3 is 5.69 Å². The van der Waals surface area contributed by atoms with Crippen LogP contribution >= 0.6 is 0 Å². The molecule has 30 heavy (non-hydrogen) atoms. The number of H-pyrrole nitrogens is 1. The lowest BCUT2D eigenvalue weighted by Crippen LogP contribution is -2.44. The van der Waals surface area contributed by atoms with E-state index in [0.717, 1.165) is 0 Å². The van der Waals surface area contributed by atoms with Crippen molar-refractivity contribution in [2.75, 3.05) is 19.6 Å². The largest absolute Gasteiger partial charge is 0.329 e. The van der Waals surface area contributed by atoms with Crippen LogP contribution in [-0.4, -0.2) is 39.9 Å². The zero-order chi connectivity index (χ0) is 21.3. The molecular formula is C23H24FN3O3. The van der Waals surface area contributed by atoms with Gasteiger partial charge in [-0.2, -0.15) is 0 Å². The van der Waals surface area contributed by atoms with Crippen LogP contribution in [0.2, 0.25) is 0 Å². The van der Waals surface area contributed by atoms with E-state index in [1.807, 2.05) is 6.92 Å². The standard InChI is InChI=1S/C23H24FN3O3/c1-15(27-22(29)19-4-2-3-5-20(19)25-23(27)30)14-26-12-10-17(11-13-26)21(28)16-6-8-18(24)9-7-16/h2-9,15,17H,10-14H2,1H3,(H,25,30)/t15-/m1/s1. The summed E-state index contributed by atoms with van der Waals surface area (Å²) in [5.74, 6) is -0.395. The molecule has 4 rings (SSSR count). The van der Waals surface area contributed by atoms with Crippen molar-refractivity contribution in [3.05, 3.63) is 80.7 Å². The Balaban J connectivity index is 1.42. The van der Waals surface area contributed by atoms with Crippen LogP contribution in [0.15, 0.2) is 58.1 Å². The monoisotopic (exact) mass is 409 g/mol. The number of carbonyl (C=O) groups excluding carboxylic acids is 1. The molecule has 0 amide bonds. The van der Waals surface area contributed by atoms with E-state index in [0.29, 0.717) is 48.9 Å². The molecule has 1 atom stereocenters. The predicted octanol–water partition coefficient (Wildman–Crippen LogP) is 2.98. The van der Waals surface area contributed by atoms with E-state index in [4.69, 9.17) is 0 Å². The minimum absolute atomic E-state index is 0.0462. The molecule has 6 nitrogen and oxygen atoms in total. The van der Waals surface area contributed by atoms with E-state index in [9.17, 15) is 18.8 Å². The third kappa shape index (κ3) is 3.98. The minimum atomic E-state index is -0.410. The lowest BCUT2D eigenvalue weighted by Gasteiger charge is -2.33. The zero-order valence-electron chi connectivity index (χ0n) is 16.8. The molecule has 0 unspecified atom stereocenters. The number of nitrogens with zero attached hydrogens (tertiary/aromatic N) is 2. The van der Waals surface area contributed by atoms with Crippen molar-refractivity contribution >= 4 is 16.7 Å². The number of rotatable bonds is 5. The lowest BCUT2D eigenvalue weighted by molar-refractivity contribution is 0.0829. The van der Waals surface area contributed by atoms with Crippen molar-refractivity contribution in [1.82, 2.24) is 14.5 Å². The molecule has 1 aliphatic rings. The summed E-state index contributed by atoms with van der Waals surface area (Å²) >= 11 is 0. The third-order valence-corrected chi connectivity index (χ3v) is 5.89. The maximum absolute atomic E-state index is 13.1. The number of aromatic amines is 1. The molecule has 0 spiro atoms. The number of Topliss-reactive ketones (excluding diaryl/α,β-unsaturated/α-hetero) is 1. The predicted molar refractivity (Wildman–Crippen MR) is 113 cm³/mol. The van der Waals surface area contributed by atoms with Crippen molar-refractivity contribution in [1.29, 1.82) is 0 Å². The molecule has 1 aliphatic heterocycles. The molecule has 1 fully saturated rings. The number of halogens is 1. The summed E-state index contributed by atoms with van der Waals surface area (Å²) in [7, 11) is 0. The fourth-order valence-corrected chi connectivity index (χ4v) is 4.26. The number of piperidine rings is 1. The van der Waals surface area contributed by atoms with Gasteiger partial charge in [-0.1, -0.05) is 12.1 Å². The summed E-state index contributed by atoms with van der Waals surface area (Å²) in [4.78, 5) is 42.9. The van der Waals surface area contributed by atoms with Crippen LogP contribution in [0.3, 0.4) is 0 Å². The Morgan fingerprint density at radius 3 is 2.47 bits per heavy atom. The molecule has 1 aromatic heterocycles. The van der Waals surface area contributed by atoms with Crippen LogP contribution in [-0.2, 0) is 0 Å². The first-order valence-corrected chi connectivity index (χ1v) is 10.2. The highest BCUT2D eigenvalue weighted by molar-refractivity contribution is 5.97. The van der Waals surface area contributed by atoms with Gasteiger partial charge in [0.2, 0.25) is 0 Å². The van der Waals surface area contributed by atoms with Gasteiger partial charge in [0.1, 0.15) is 5.82 Å². The molecule has 2 aromatic carbocycles. The third-order valence-electron chi connectivity index (χ3n) is 5.89. The highest BCUT2D eigenvalue weighted by Crippen LogP contribution is 2.23. The fraction of sp³-hybridized carbons (Fsp3) is 0.348. The first-order chi connectivity index (χ1) is 14.4. The molecule has 7 heteroatoms. The molecule has 0 bridgehead atoms. The van der Waals surface area contributed by atoms with Gasteiger partial charge in [-0.05, 0) is 69.3 Å². The lowest BCUT2D eigenvalue weighted by atomic mass is 9.89. The van der Waals surface area contributed by atoms with Crippen molar-refractivity contribution in [2.24, 2.45) is 5.92 Å². The molecule has 156 valence electrons. The van der Waals surface area contributed by atoms with E-state index in [1.54, 1.807) is 24.3 Å². The second-order valence-electron chi connectivity index (χ2n) is 7.95. The Kier molecular flexibility index (Phi) is 5.63. The normalized spacial score (nSPS) is 16.6. The number of hydrogen-bond acceptors (Lipinski definition) is 4. The molecule has 0 aliphatic carbocycles. The van der Waals surface area contributed by atoms with Gasteiger partial charge in [0.05, 0.1) is 16.9 Å².